The number of carbonyl (C=O) groups excluding carboxylic acids is 3. The van der Waals surface area contributed by atoms with Crippen LogP contribution in [0.2, 0.25) is 5.02 Å². The van der Waals surface area contributed by atoms with Crippen LogP contribution in [0.5, 0.6) is 0 Å². The lowest BCUT2D eigenvalue weighted by Crippen LogP contribution is -2.66. The van der Waals surface area contributed by atoms with Gasteiger partial charge in [-0.2, -0.15) is 0 Å². The molecule has 5 rings (SSSR count). The molecular formula is C23H16ClN3O3. The molecule has 148 valence electrons. The highest BCUT2D eigenvalue weighted by molar-refractivity contribution is 6.30. The number of carbonyl (C=O) groups is 3. The fourth-order valence-electron chi connectivity index (χ4n) is 4.17. The number of hydrogen-bond donors (Lipinski definition) is 0. The SMILES string of the molecule is O=C1C(N2C(=O)c3ccccc3C2=O)C(c2ccncc2)N1Cc1cccc(Cl)c1. The van der Waals surface area contributed by atoms with Gasteiger partial charge in [0.2, 0.25) is 5.91 Å². The van der Waals surface area contributed by atoms with E-state index in [1.807, 2.05) is 12.1 Å². The zero-order valence-corrected chi connectivity index (χ0v) is 16.5. The summed E-state index contributed by atoms with van der Waals surface area (Å²) in [5, 5.41) is 0.581. The van der Waals surface area contributed by atoms with Crippen molar-refractivity contribution in [2.75, 3.05) is 0 Å². The van der Waals surface area contributed by atoms with Gasteiger partial charge in [-0.3, -0.25) is 24.3 Å². The molecule has 0 spiro atoms. The molecule has 3 amide bonds. The third-order valence-electron chi connectivity index (χ3n) is 5.56. The van der Waals surface area contributed by atoms with Gasteiger partial charge in [0.05, 0.1) is 17.2 Å². The van der Waals surface area contributed by atoms with Crippen molar-refractivity contribution < 1.29 is 14.4 Å². The van der Waals surface area contributed by atoms with E-state index >= 15 is 0 Å². The van der Waals surface area contributed by atoms with Crippen molar-refractivity contribution >= 4 is 29.3 Å². The van der Waals surface area contributed by atoms with Crippen molar-refractivity contribution in [1.29, 1.82) is 0 Å². The van der Waals surface area contributed by atoms with E-state index in [1.165, 1.54) is 0 Å². The summed E-state index contributed by atoms with van der Waals surface area (Å²) < 4.78 is 0. The Morgan fingerprint density at radius 1 is 0.833 bits per heavy atom. The van der Waals surface area contributed by atoms with Crippen LogP contribution in [-0.4, -0.2) is 38.5 Å². The van der Waals surface area contributed by atoms with Gasteiger partial charge in [-0.1, -0.05) is 35.9 Å². The van der Waals surface area contributed by atoms with Crippen LogP contribution < -0.4 is 0 Å². The second kappa shape index (κ2) is 7.07. The fourth-order valence-corrected chi connectivity index (χ4v) is 4.39. The van der Waals surface area contributed by atoms with Gasteiger partial charge in [0.15, 0.2) is 0 Å². The Hall–Kier alpha value is -3.51. The molecule has 0 saturated carbocycles. The summed E-state index contributed by atoms with van der Waals surface area (Å²) in [6, 6.07) is 16.2. The molecule has 1 aromatic heterocycles. The molecule has 0 radical (unpaired) electrons. The maximum Gasteiger partial charge on any atom is 0.262 e. The number of benzene rings is 2. The molecule has 30 heavy (non-hydrogen) atoms. The molecular weight excluding hydrogens is 402 g/mol. The van der Waals surface area contributed by atoms with Crippen molar-refractivity contribution in [3.05, 3.63) is 100 Å². The van der Waals surface area contributed by atoms with E-state index in [0.717, 1.165) is 16.0 Å². The topological polar surface area (TPSA) is 70.6 Å². The number of pyridine rings is 1. The van der Waals surface area contributed by atoms with Crippen LogP contribution in [0.25, 0.3) is 0 Å². The van der Waals surface area contributed by atoms with E-state index in [0.29, 0.717) is 22.7 Å². The molecule has 6 nitrogen and oxygen atoms in total. The van der Waals surface area contributed by atoms with Gasteiger partial charge in [-0.25, -0.2) is 0 Å². The number of amides is 3. The summed E-state index contributed by atoms with van der Waals surface area (Å²) >= 11 is 6.09. The molecule has 1 saturated heterocycles. The summed E-state index contributed by atoms with van der Waals surface area (Å²) in [5.74, 6) is -1.14. The summed E-state index contributed by atoms with van der Waals surface area (Å²) in [4.78, 5) is 46.0. The number of halogens is 1. The zero-order chi connectivity index (χ0) is 20.8. The monoisotopic (exact) mass is 417 g/mol. The second-order valence-corrected chi connectivity index (χ2v) is 7.73. The van der Waals surface area contributed by atoms with E-state index in [-0.39, 0.29) is 5.91 Å². The molecule has 0 N–H and O–H groups in total. The fraction of sp³-hybridized carbons (Fsp3) is 0.130. The van der Waals surface area contributed by atoms with Crippen LogP contribution in [0.1, 0.15) is 37.9 Å². The molecule has 3 aromatic rings. The normalized spacial score (nSPS) is 20.4. The number of β-lactam (4-membered cyclic amide) rings is 1. The molecule has 7 heteroatoms. The Kier molecular flexibility index (Phi) is 4.37. The Bertz CT molecular complexity index is 1150. The van der Waals surface area contributed by atoms with Crippen LogP contribution >= 0.6 is 11.6 Å². The minimum Gasteiger partial charge on any atom is -0.327 e. The lowest BCUT2D eigenvalue weighted by atomic mass is 9.87. The zero-order valence-electron chi connectivity index (χ0n) is 15.7. The predicted molar refractivity (Wildman–Crippen MR) is 110 cm³/mol. The van der Waals surface area contributed by atoms with E-state index in [1.54, 1.807) is 65.8 Å². The van der Waals surface area contributed by atoms with Gasteiger partial charge < -0.3 is 4.90 Å². The first kappa shape index (κ1) is 18.5. The molecule has 2 atom stereocenters. The second-order valence-electron chi connectivity index (χ2n) is 7.29. The smallest absolute Gasteiger partial charge is 0.262 e. The molecule has 2 aliphatic heterocycles. The first-order chi connectivity index (χ1) is 14.6. The number of hydrogen-bond acceptors (Lipinski definition) is 4. The lowest BCUT2D eigenvalue weighted by Gasteiger charge is -2.50. The summed E-state index contributed by atoms with van der Waals surface area (Å²) in [5.41, 5.74) is 2.35. The maximum atomic E-state index is 13.2. The summed E-state index contributed by atoms with van der Waals surface area (Å²) in [6.07, 6.45) is 3.27. The lowest BCUT2D eigenvalue weighted by molar-refractivity contribution is -0.157. The van der Waals surface area contributed by atoms with Gasteiger partial charge in [0.1, 0.15) is 6.04 Å². The van der Waals surface area contributed by atoms with Crippen molar-refractivity contribution in [3.8, 4) is 0 Å². The first-order valence-electron chi connectivity index (χ1n) is 9.48. The van der Waals surface area contributed by atoms with E-state index < -0.39 is 23.9 Å². The number of aromatic nitrogens is 1. The van der Waals surface area contributed by atoms with E-state index in [9.17, 15) is 14.4 Å². The van der Waals surface area contributed by atoms with Crippen LogP contribution in [0.15, 0.2) is 73.1 Å². The standard InChI is InChI=1S/C23H16ClN3O3/c24-16-5-3-4-14(12-16)13-26-19(15-8-10-25-11-9-15)20(23(26)30)27-21(28)17-6-1-2-7-18(17)22(27)29/h1-12,19-20H,13H2. The first-order valence-corrected chi connectivity index (χ1v) is 9.86. The molecule has 2 unspecified atom stereocenters. The van der Waals surface area contributed by atoms with Crippen LogP contribution in [0, 0.1) is 0 Å². The van der Waals surface area contributed by atoms with Crippen LogP contribution in [0.3, 0.4) is 0 Å². The number of rotatable bonds is 4. The van der Waals surface area contributed by atoms with E-state index in [2.05, 4.69) is 4.98 Å². The molecule has 0 bridgehead atoms. The van der Waals surface area contributed by atoms with Gasteiger partial charge in [0.25, 0.3) is 11.8 Å². The largest absolute Gasteiger partial charge is 0.327 e. The number of imide groups is 1. The number of fused-ring (bicyclic) bond motifs is 1. The Balaban J connectivity index is 1.52. The molecule has 2 aliphatic rings. The molecule has 3 heterocycles. The van der Waals surface area contributed by atoms with Crippen molar-refractivity contribution in [2.24, 2.45) is 0 Å². The highest BCUT2D eigenvalue weighted by Crippen LogP contribution is 2.42. The molecule has 0 aliphatic carbocycles. The van der Waals surface area contributed by atoms with Crippen molar-refractivity contribution in [3.63, 3.8) is 0 Å². The number of likely N-dealkylation sites (tertiary alicyclic amines) is 1. The average molecular weight is 418 g/mol. The minimum atomic E-state index is -0.890. The quantitative estimate of drug-likeness (QED) is 0.481. The van der Waals surface area contributed by atoms with Crippen molar-refractivity contribution in [1.82, 2.24) is 14.8 Å². The minimum absolute atomic E-state index is 0.272. The number of nitrogens with zero attached hydrogens (tertiary/aromatic N) is 3. The Labute approximate surface area is 177 Å². The van der Waals surface area contributed by atoms with Gasteiger partial charge in [-0.05, 0) is 47.5 Å². The summed E-state index contributed by atoms with van der Waals surface area (Å²) in [6.45, 7) is 0.325. The predicted octanol–water partition coefficient (Wildman–Crippen LogP) is 3.48. The maximum absolute atomic E-state index is 13.2. The van der Waals surface area contributed by atoms with Gasteiger partial charge in [0, 0.05) is 24.0 Å². The third-order valence-corrected chi connectivity index (χ3v) is 5.80. The Morgan fingerprint density at radius 3 is 2.13 bits per heavy atom. The molecule has 1 fully saturated rings. The third kappa shape index (κ3) is 2.80. The average Bonchev–Trinajstić information content (AvgIpc) is 3.01. The summed E-state index contributed by atoms with van der Waals surface area (Å²) in [7, 11) is 0. The van der Waals surface area contributed by atoms with Crippen LogP contribution in [-0.2, 0) is 11.3 Å². The molecule has 2 aromatic carbocycles. The van der Waals surface area contributed by atoms with Gasteiger partial charge >= 0.3 is 0 Å². The highest BCUT2D eigenvalue weighted by Gasteiger charge is 2.56. The van der Waals surface area contributed by atoms with Crippen molar-refractivity contribution in [2.45, 2.75) is 18.6 Å². The Morgan fingerprint density at radius 2 is 1.50 bits per heavy atom. The van der Waals surface area contributed by atoms with Crippen LogP contribution in [0.4, 0.5) is 0 Å². The van der Waals surface area contributed by atoms with E-state index in [4.69, 9.17) is 11.6 Å². The highest BCUT2D eigenvalue weighted by atomic mass is 35.5. The van der Waals surface area contributed by atoms with Gasteiger partial charge in [-0.15, -0.1) is 0 Å².